The number of carboxylic acids is 2. The lowest BCUT2D eigenvalue weighted by Crippen LogP contribution is -2.27. The zero-order valence-corrected chi connectivity index (χ0v) is 15.0. The monoisotopic (exact) mass is 389 g/mol. The number of aliphatic carboxylic acids is 2. The lowest BCUT2D eigenvalue weighted by molar-refractivity contribution is -0.138. The van der Waals surface area contributed by atoms with Crippen molar-refractivity contribution in [3.63, 3.8) is 0 Å². The van der Waals surface area contributed by atoms with Gasteiger partial charge in [0.1, 0.15) is 0 Å². The molecule has 1 aromatic carbocycles. The predicted octanol–water partition coefficient (Wildman–Crippen LogP) is 0.396. The van der Waals surface area contributed by atoms with Crippen LogP contribution in [0.5, 0.6) is 0 Å². The molecule has 11 heteroatoms. The molecular formula is C15H24N3O7P. The van der Waals surface area contributed by atoms with Gasteiger partial charge in [-0.3, -0.25) is 19.9 Å². The van der Waals surface area contributed by atoms with E-state index < -0.39 is 20.5 Å². The smallest absolute Gasteiger partial charge is 0.303 e. The Morgan fingerprint density at radius 3 is 2.04 bits per heavy atom. The Labute approximate surface area is 152 Å². The van der Waals surface area contributed by atoms with Crippen LogP contribution in [0.2, 0.25) is 0 Å². The highest BCUT2D eigenvalue weighted by Gasteiger charge is 2.04. The molecule has 0 aliphatic heterocycles. The molecule has 10 nitrogen and oxygen atoms in total. The first kappa shape index (κ1) is 23.9. The third-order valence-corrected chi connectivity index (χ3v) is 3.29. The van der Waals surface area contributed by atoms with Gasteiger partial charge in [0, 0.05) is 31.5 Å². The lowest BCUT2D eigenvalue weighted by atomic mass is 10.1. The fourth-order valence-corrected chi connectivity index (χ4v) is 1.87. The van der Waals surface area contributed by atoms with Crippen molar-refractivity contribution in [2.45, 2.75) is 25.8 Å². The molecule has 1 rings (SSSR count). The van der Waals surface area contributed by atoms with Gasteiger partial charge in [-0.1, -0.05) is 12.1 Å². The van der Waals surface area contributed by atoms with E-state index in [2.05, 4.69) is 5.32 Å². The van der Waals surface area contributed by atoms with E-state index in [0.29, 0.717) is 18.7 Å². The number of benzene rings is 1. The average molecular weight is 389 g/mol. The minimum absolute atomic E-state index is 0.0632. The number of nitrogens with one attached hydrogen (secondary N) is 1. The second kappa shape index (κ2) is 14.1. The van der Waals surface area contributed by atoms with E-state index in [9.17, 15) is 14.4 Å². The van der Waals surface area contributed by atoms with E-state index >= 15 is 0 Å². The molecule has 0 saturated heterocycles. The minimum Gasteiger partial charge on any atom is -0.481 e. The van der Waals surface area contributed by atoms with Crippen LogP contribution in [0.1, 0.15) is 35.2 Å². The molecule has 0 heterocycles. The molecule has 1 amide bonds. The van der Waals surface area contributed by atoms with Gasteiger partial charge in [0.05, 0.1) is 6.61 Å². The van der Waals surface area contributed by atoms with Crippen molar-refractivity contribution in [3.8, 4) is 0 Å². The molecule has 1 aromatic rings. The fourth-order valence-electron chi connectivity index (χ4n) is 1.59. The van der Waals surface area contributed by atoms with Gasteiger partial charge in [-0.2, -0.15) is 0 Å². The zero-order valence-electron chi connectivity index (χ0n) is 14.1. The van der Waals surface area contributed by atoms with Gasteiger partial charge in [-0.25, -0.2) is 0 Å². The van der Waals surface area contributed by atoms with Gasteiger partial charge >= 0.3 is 11.9 Å². The Kier molecular flexibility index (Phi) is 13.0. The summed E-state index contributed by atoms with van der Waals surface area (Å²) in [5.74, 6) is -2.09. The van der Waals surface area contributed by atoms with Gasteiger partial charge < -0.3 is 30.7 Å². The Bertz CT molecular complexity index is 553. The molecule has 146 valence electrons. The van der Waals surface area contributed by atoms with Crippen LogP contribution < -0.4 is 16.6 Å². The van der Waals surface area contributed by atoms with E-state index in [4.69, 9.17) is 30.9 Å². The molecule has 0 bridgehead atoms. The van der Waals surface area contributed by atoms with Gasteiger partial charge in [0.2, 0.25) is 8.53 Å². The quantitative estimate of drug-likeness (QED) is 0.243. The number of amides is 1. The Morgan fingerprint density at radius 2 is 1.62 bits per heavy atom. The van der Waals surface area contributed by atoms with Crippen molar-refractivity contribution in [2.75, 3.05) is 13.2 Å². The van der Waals surface area contributed by atoms with Crippen LogP contribution in [0.3, 0.4) is 0 Å². The van der Waals surface area contributed by atoms with Crippen molar-refractivity contribution in [1.29, 1.82) is 0 Å². The van der Waals surface area contributed by atoms with E-state index in [-0.39, 0.29) is 31.8 Å². The van der Waals surface area contributed by atoms with E-state index in [1.54, 1.807) is 24.3 Å². The van der Waals surface area contributed by atoms with Crippen molar-refractivity contribution in [3.05, 3.63) is 35.4 Å². The number of carbonyl (C=O) groups is 3. The highest BCUT2D eigenvalue weighted by atomic mass is 31.2. The van der Waals surface area contributed by atoms with Gasteiger partial charge in [0.15, 0.2) is 0 Å². The molecule has 1 atom stereocenters. The lowest BCUT2D eigenvalue weighted by Gasteiger charge is -2.07. The molecule has 1 unspecified atom stereocenters. The Hall–Kier alpha value is -2.10. The van der Waals surface area contributed by atoms with Crippen molar-refractivity contribution in [1.82, 2.24) is 5.32 Å². The summed E-state index contributed by atoms with van der Waals surface area (Å²) in [6, 6.07) is 7.02. The molecule has 0 saturated carbocycles. The normalized spacial score (nSPS) is 11.0. The largest absolute Gasteiger partial charge is 0.481 e. The molecule has 26 heavy (non-hydrogen) atoms. The number of hydrogen-bond acceptors (Lipinski definition) is 7. The maximum Gasteiger partial charge on any atom is 0.303 e. The maximum absolute atomic E-state index is 11.6. The van der Waals surface area contributed by atoms with Crippen molar-refractivity contribution >= 4 is 26.4 Å². The third kappa shape index (κ3) is 13.2. The van der Waals surface area contributed by atoms with Gasteiger partial charge in [-0.05, 0) is 24.1 Å². The summed E-state index contributed by atoms with van der Waals surface area (Å²) in [5.41, 5.74) is 12.0. The van der Waals surface area contributed by atoms with E-state index in [1.165, 1.54) is 0 Å². The first-order valence-corrected chi connectivity index (χ1v) is 8.91. The standard InChI is InChI=1S/C10H16N3O3P.C5H8O4/c11-7-8-1-3-9(4-2-8)10(14)13-5-6-16-17(12)15;6-4(7)2-1-3-5(8)9/h1-4,15H,5-7,11-12H2,(H,13,14);1-3H2,(H,6,7)(H,8,9). The number of nitrogens with two attached hydrogens (primary N) is 2. The summed E-state index contributed by atoms with van der Waals surface area (Å²) in [4.78, 5) is 39.9. The topological polar surface area (TPSA) is 185 Å². The van der Waals surface area contributed by atoms with Crippen LogP contribution in [-0.4, -0.2) is 46.1 Å². The summed E-state index contributed by atoms with van der Waals surface area (Å²) in [6.45, 7) is 0.936. The molecule has 0 aliphatic rings. The number of hydrogen-bond donors (Lipinski definition) is 6. The summed E-state index contributed by atoms with van der Waals surface area (Å²) in [6.07, 6.45) is 0.0866. The van der Waals surface area contributed by atoms with Crippen LogP contribution in [0.25, 0.3) is 0 Å². The molecule has 8 N–H and O–H groups in total. The van der Waals surface area contributed by atoms with Crippen molar-refractivity contribution < 1.29 is 34.0 Å². The second-order valence-electron chi connectivity index (χ2n) is 4.93. The fraction of sp³-hybridized carbons (Fsp3) is 0.400. The molecular weight excluding hydrogens is 365 g/mol. The molecule has 0 aliphatic carbocycles. The van der Waals surface area contributed by atoms with Gasteiger partial charge in [0.25, 0.3) is 5.91 Å². The van der Waals surface area contributed by atoms with Crippen LogP contribution in [0.15, 0.2) is 24.3 Å². The first-order valence-electron chi connectivity index (χ1n) is 7.63. The van der Waals surface area contributed by atoms with Crippen LogP contribution in [0.4, 0.5) is 0 Å². The Balaban J connectivity index is 0.000000590. The predicted molar refractivity (Wildman–Crippen MR) is 95.1 cm³/mol. The molecule has 0 fully saturated rings. The summed E-state index contributed by atoms with van der Waals surface area (Å²) in [5, 5.41) is 18.7. The average Bonchev–Trinajstić information content (AvgIpc) is 2.58. The third-order valence-electron chi connectivity index (χ3n) is 2.84. The second-order valence-corrected chi connectivity index (χ2v) is 5.80. The number of rotatable bonds is 10. The summed E-state index contributed by atoms with van der Waals surface area (Å²) < 4.78 is 4.73. The van der Waals surface area contributed by atoms with Crippen LogP contribution in [-0.2, 0) is 20.7 Å². The molecule has 0 spiro atoms. The summed E-state index contributed by atoms with van der Waals surface area (Å²) >= 11 is 0. The molecule has 0 aromatic heterocycles. The molecule has 0 radical (unpaired) electrons. The Morgan fingerprint density at radius 1 is 1.08 bits per heavy atom. The van der Waals surface area contributed by atoms with Crippen molar-refractivity contribution in [2.24, 2.45) is 11.2 Å². The van der Waals surface area contributed by atoms with E-state index in [0.717, 1.165) is 5.56 Å². The number of carboxylic acid groups (broad SMARTS) is 2. The minimum atomic E-state index is -1.86. The number of carbonyl (C=O) groups excluding carboxylic acids is 1. The zero-order chi connectivity index (χ0) is 19.9. The highest BCUT2D eigenvalue weighted by molar-refractivity contribution is 7.43. The SMILES string of the molecule is NCc1ccc(C(=O)NCCOP(N)O)cc1.O=C(O)CCCC(=O)O. The highest BCUT2D eigenvalue weighted by Crippen LogP contribution is 2.17. The van der Waals surface area contributed by atoms with Crippen LogP contribution in [0, 0.1) is 0 Å². The van der Waals surface area contributed by atoms with Crippen LogP contribution >= 0.6 is 8.53 Å². The first-order chi connectivity index (χ1) is 12.3. The summed E-state index contributed by atoms with van der Waals surface area (Å²) in [7, 11) is -1.86. The van der Waals surface area contributed by atoms with E-state index in [1.807, 2.05) is 0 Å². The maximum atomic E-state index is 11.6. The van der Waals surface area contributed by atoms with Gasteiger partial charge in [-0.15, -0.1) is 0 Å².